The van der Waals surface area contributed by atoms with Crippen LogP contribution in [-0.4, -0.2) is 29.4 Å². The lowest BCUT2D eigenvalue weighted by Gasteiger charge is -2.33. The highest BCUT2D eigenvalue weighted by Crippen LogP contribution is 2.40. The number of amides is 1. The lowest BCUT2D eigenvalue weighted by molar-refractivity contribution is -0.275. The van der Waals surface area contributed by atoms with Crippen LogP contribution in [0.25, 0.3) is 5.57 Å². The van der Waals surface area contributed by atoms with E-state index >= 15 is 0 Å². The van der Waals surface area contributed by atoms with Crippen LogP contribution in [0.4, 0.5) is 22.4 Å². The molecule has 2 bridgehead atoms. The third-order valence-electron chi connectivity index (χ3n) is 5.34. The number of hydrogen-bond donors (Lipinski definition) is 0. The summed E-state index contributed by atoms with van der Waals surface area (Å²) in [5.74, 6) is -1.94. The molecule has 2 atom stereocenters. The maximum Gasteiger partial charge on any atom is 0.573 e. The van der Waals surface area contributed by atoms with Crippen LogP contribution in [0.1, 0.15) is 30.4 Å². The second kappa shape index (κ2) is 8.01. The fourth-order valence-electron chi connectivity index (χ4n) is 4.03. The minimum atomic E-state index is -4.95. The molecule has 1 fully saturated rings. The summed E-state index contributed by atoms with van der Waals surface area (Å²) in [5, 5.41) is 0. The van der Waals surface area contributed by atoms with Crippen molar-refractivity contribution < 1.29 is 31.8 Å². The van der Waals surface area contributed by atoms with Crippen LogP contribution in [0.2, 0.25) is 0 Å². The maximum absolute atomic E-state index is 14.1. The van der Waals surface area contributed by atoms with Crippen molar-refractivity contribution in [1.29, 1.82) is 0 Å². The summed E-state index contributed by atoms with van der Waals surface area (Å²) in [6, 6.07) is 12.5. The number of carbonyl (C=O) groups excluding carboxylic acids is 1. The molecule has 8 heteroatoms. The van der Waals surface area contributed by atoms with E-state index in [0.29, 0.717) is 12.0 Å². The average Bonchev–Trinajstić information content (AvgIpc) is 2.97. The van der Waals surface area contributed by atoms with E-state index in [1.54, 1.807) is 4.90 Å². The summed E-state index contributed by atoms with van der Waals surface area (Å²) in [5.41, 5.74) is 2.17. The molecule has 2 aliphatic rings. The van der Waals surface area contributed by atoms with Crippen LogP contribution >= 0.6 is 0 Å². The van der Waals surface area contributed by atoms with Gasteiger partial charge in [0.25, 0.3) is 0 Å². The van der Waals surface area contributed by atoms with Gasteiger partial charge in [0.1, 0.15) is 6.61 Å². The number of alkyl halides is 3. The van der Waals surface area contributed by atoms with Crippen molar-refractivity contribution in [3.63, 3.8) is 0 Å². The molecule has 2 aromatic rings. The summed E-state index contributed by atoms with van der Waals surface area (Å²) in [6.07, 6.45) is -1.47. The van der Waals surface area contributed by atoms with Gasteiger partial charge in [-0.3, -0.25) is 4.90 Å². The van der Waals surface area contributed by atoms with E-state index in [9.17, 15) is 22.4 Å². The number of rotatable bonds is 4. The molecule has 158 valence electrons. The normalized spacial score (nSPS) is 20.7. The Balaban J connectivity index is 1.46. The summed E-state index contributed by atoms with van der Waals surface area (Å²) in [7, 11) is 0. The van der Waals surface area contributed by atoms with Gasteiger partial charge in [-0.05, 0) is 48.1 Å². The summed E-state index contributed by atoms with van der Waals surface area (Å²) >= 11 is 0. The second-order valence-corrected chi connectivity index (χ2v) is 7.34. The van der Waals surface area contributed by atoms with Gasteiger partial charge in [-0.25, -0.2) is 9.18 Å². The minimum Gasteiger partial charge on any atom is -0.445 e. The van der Waals surface area contributed by atoms with Gasteiger partial charge < -0.3 is 9.47 Å². The van der Waals surface area contributed by atoms with Crippen LogP contribution < -0.4 is 4.74 Å². The Kier molecular flexibility index (Phi) is 5.40. The van der Waals surface area contributed by atoms with Gasteiger partial charge in [0, 0.05) is 6.04 Å². The van der Waals surface area contributed by atoms with Crippen LogP contribution in [0, 0.1) is 5.82 Å². The standard InChI is InChI=1S/C22H19F4NO3/c23-19-12-15(6-9-20(19)30-22(24,25)26)16-10-17-7-8-18(11-16)27(17)21(28)29-13-14-4-2-1-3-5-14/h1-6,9-10,12,17-18H,7-8,11,13H2. The van der Waals surface area contributed by atoms with E-state index < -0.39 is 24.0 Å². The average molecular weight is 421 g/mol. The van der Waals surface area contributed by atoms with Gasteiger partial charge in [0.15, 0.2) is 11.6 Å². The van der Waals surface area contributed by atoms with Crippen LogP contribution in [0.15, 0.2) is 54.6 Å². The molecule has 2 heterocycles. The first-order valence-corrected chi connectivity index (χ1v) is 9.55. The molecule has 0 N–H and O–H groups in total. The predicted octanol–water partition coefficient (Wildman–Crippen LogP) is 5.68. The van der Waals surface area contributed by atoms with Crippen molar-refractivity contribution in [2.75, 3.05) is 0 Å². The van der Waals surface area contributed by atoms with Crippen LogP contribution in [-0.2, 0) is 11.3 Å². The largest absolute Gasteiger partial charge is 0.573 e. The molecule has 30 heavy (non-hydrogen) atoms. The van der Waals surface area contributed by atoms with Crippen LogP contribution in [0.3, 0.4) is 0 Å². The number of carbonyl (C=O) groups is 1. The van der Waals surface area contributed by atoms with E-state index in [4.69, 9.17) is 4.74 Å². The zero-order valence-electron chi connectivity index (χ0n) is 15.9. The Morgan fingerprint density at radius 3 is 2.53 bits per heavy atom. The molecule has 2 unspecified atom stereocenters. The molecule has 4 nitrogen and oxygen atoms in total. The van der Waals surface area contributed by atoms with Gasteiger partial charge >= 0.3 is 12.5 Å². The molecule has 4 rings (SSSR count). The molecule has 0 saturated carbocycles. The molecule has 2 aliphatic heterocycles. The quantitative estimate of drug-likeness (QED) is 0.596. The van der Waals surface area contributed by atoms with Gasteiger partial charge in [-0.2, -0.15) is 0 Å². The second-order valence-electron chi connectivity index (χ2n) is 7.34. The Labute approximate surface area is 170 Å². The molecule has 0 aliphatic carbocycles. The van der Waals surface area contributed by atoms with Crippen molar-refractivity contribution in [3.8, 4) is 5.75 Å². The predicted molar refractivity (Wildman–Crippen MR) is 101 cm³/mol. The molecular weight excluding hydrogens is 402 g/mol. The molecule has 2 aromatic carbocycles. The molecule has 1 saturated heterocycles. The number of benzene rings is 2. The van der Waals surface area contributed by atoms with Crippen molar-refractivity contribution in [1.82, 2.24) is 4.90 Å². The van der Waals surface area contributed by atoms with Crippen molar-refractivity contribution >= 4 is 11.7 Å². The minimum absolute atomic E-state index is 0.0903. The lowest BCUT2D eigenvalue weighted by Crippen LogP contribution is -2.43. The van der Waals surface area contributed by atoms with Gasteiger partial charge in [-0.1, -0.05) is 42.5 Å². The van der Waals surface area contributed by atoms with Crippen LogP contribution in [0.5, 0.6) is 5.75 Å². The van der Waals surface area contributed by atoms with Crippen molar-refractivity contribution in [2.45, 2.75) is 44.3 Å². The lowest BCUT2D eigenvalue weighted by atomic mass is 9.95. The van der Waals surface area contributed by atoms with E-state index in [1.807, 2.05) is 36.4 Å². The van der Waals surface area contributed by atoms with E-state index in [0.717, 1.165) is 36.1 Å². The number of halogens is 4. The maximum atomic E-state index is 14.1. The smallest absolute Gasteiger partial charge is 0.445 e. The number of ether oxygens (including phenoxy) is 2. The SMILES string of the molecule is O=C(OCc1ccccc1)N1C2C=C(c3ccc(OC(F)(F)F)c(F)c3)CC1CC2. The highest BCUT2D eigenvalue weighted by Gasteiger charge is 2.41. The van der Waals surface area contributed by atoms with Gasteiger partial charge in [0.2, 0.25) is 0 Å². The number of fused-ring (bicyclic) bond motifs is 2. The Hall–Kier alpha value is -3.03. The first-order chi connectivity index (χ1) is 14.3. The zero-order chi connectivity index (χ0) is 21.3. The third kappa shape index (κ3) is 4.42. The zero-order valence-corrected chi connectivity index (χ0v) is 15.9. The van der Waals surface area contributed by atoms with Gasteiger partial charge in [-0.15, -0.1) is 13.2 Å². The molecule has 0 spiro atoms. The van der Waals surface area contributed by atoms with E-state index in [-0.39, 0.29) is 18.7 Å². The topological polar surface area (TPSA) is 38.8 Å². The van der Waals surface area contributed by atoms with E-state index in [1.165, 1.54) is 6.07 Å². The highest BCUT2D eigenvalue weighted by atomic mass is 19.4. The Morgan fingerprint density at radius 2 is 1.87 bits per heavy atom. The molecule has 1 amide bonds. The monoisotopic (exact) mass is 421 g/mol. The first kappa shape index (κ1) is 20.3. The third-order valence-corrected chi connectivity index (χ3v) is 5.34. The Bertz CT molecular complexity index is 959. The molecule has 0 radical (unpaired) electrons. The Morgan fingerprint density at radius 1 is 1.10 bits per heavy atom. The van der Waals surface area contributed by atoms with Gasteiger partial charge in [0.05, 0.1) is 6.04 Å². The fraction of sp³-hybridized carbons (Fsp3) is 0.318. The highest BCUT2D eigenvalue weighted by molar-refractivity contribution is 5.75. The number of hydrogen-bond acceptors (Lipinski definition) is 3. The number of nitrogens with zero attached hydrogens (tertiary/aromatic N) is 1. The van der Waals surface area contributed by atoms with Crippen molar-refractivity contribution in [3.05, 3.63) is 71.6 Å². The molecular formula is C22H19F4NO3. The summed E-state index contributed by atoms with van der Waals surface area (Å²) in [4.78, 5) is 14.3. The van der Waals surface area contributed by atoms with E-state index in [2.05, 4.69) is 4.74 Å². The molecule has 0 aromatic heterocycles. The summed E-state index contributed by atoms with van der Waals surface area (Å²) in [6.45, 7) is 0.179. The summed E-state index contributed by atoms with van der Waals surface area (Å²) < 4.78 is 60.2. The fourth-order valence-corrected chi connectivity index (χ4v) is 4.03. The first-order valence-electron chi connectivity index (χ1n) is 9.55. The van der Waals surface area contributed by atoms with Crippen molar-refractivity contribution in [2.24, 2.45) is 0 Å².